The third-order valence-electron chi connectivity index (χ3n) is 3.52. The van der Waals surface area contributed by atoms with Crippen LogP contribution in [0.2, 0.25) is 0 Å². The lowest BCUT2D eigenvalue weighted by atomic mass is 10.2. The Bertz CT molecular complexity index is 844. The van der Waals surface area contributed by atoms with Crippen molar-refractivity contribution in [1.29, 1.82) is 0 Å². The van der Waals surface area contributed by atoms with Gasteiger partial charge in [0, 0.05) is 4.88 Å². The van der Waals surface area contributed by atoms with E-state index in [0.717, 1.165) is 39.4 Å². The van der Waals surface area contributed by atoms with Gasteiger partial charge in [-0.2, -0.15) is 13.1 Å². The largest absolute Gasteiger partial charge is 0.318 e. The normalized spacial score (nSPS) is 11.0. The minimum Gasteiger partial charge on any atom is -0.318 e. The third-order valence-corrected chi connectivity index (χ3v) is 5.02. The van der Waals surface area contributed by atoms with Crippen LogP contribution in [0.3, 0.4) is 0 Å². The van der Waals surface area contributed by atoms with Gasteiger partial charge in [-0.1, -0.05) is 5.21 Å². The Morgan fingerprint density at radius 3 is 2.52 bits per heavy atom. The number of hydrogen-bond acceptors (Lipinski definition) is 8. The number of amides is 1. The predicted molar refractivity (Wildman–Crippen MR) is 88.0 cm³/mol. The standard InChI is InChI=1S/C13H15N7OS2/c1-6-10(18-23-17-6)5-20-8(3)12(15-19-20)13(21)14-11-7(2)16-22-9(11)4/h5H2,1-4H3,(H,14,21). The maximum atomic E-state index is 12.4. The Hall–Kier alpha value is -2.20. The number of nitrogens with zero attached hydrogens (tertiary/aromatic N) is 6. The van der Waals surface area contributed by atoms with Gasteiger partial charge in [0.1, 0.15) is 0 Å². The third kappa shape index (κ3) is 2.99. The van der Waals surface area contributed by atoms with E-state index in [1.54, 1.807) is 4.68 Å². The maximum Gasteiger partial charge on any atom is 0.278 e. The summed E-state index contributed by atoms with van der Waals surface area (Å²) < 4.78 is 14.2. The molecule has 1 amide bonds. The van der Waals surface area contributed by atoms with Crippen molar-refractivity contribution < 1.29 is 4.79 Å². The number of nitrogens with one attached hydrogen (secondary N) is 1. The van der Waals surface area contributed by atoms with Crippen LogP contribution >= 0.6 is 23.3 Å². The van der Waals surface area contributed by atoms with Crippen LogP contribution in [0, 0.1) is 27.7 Å². The van der Waals surface area contributed by atoms with Crippen LogP contribution in [-0.2, 0) is 6.54 Å². The van der Waals surface area contributed by atoms with Crippen molar-refractivity contribution in [3.05, 3.63) is 33.3 Å². The summed E-state index contributed by atoms with van der Waals surface area (Å²) in [5, 5.41) is 10.9. The molecular formula is C13H15N7OS2. The minimum absolute atomic E-state index is 0.284. The van der Waals surface area contributed by atoms with E-state index in [-0.39, 0.29) is 5.91 Å². The zero-order valence-electron chi connectivity index (χ0n) is 13.1. The highest BCUT2D eigenvalue weighted by Crippen LogP contribution is 2.23. The lowest BCUT2D eigenvalue weighted by Crippen LogP contribution is -2.15. The number of aryl methyl sites for hydroxylation is 3. The van der Waals surface area contributed by atoms with Crippen LogP contribution in [0.25, 0.3) is 0 Å². The van der Waals surface area contributed by atoms with Crippen molar-refractivity contribution in [3.8, 4) is 0 Å². The van der Waals surface area contributed by atoms with Crippen molar-refractivity contribution in [3.63, 3.8) is 0 Å². The maximum absolute atomic E-state index is 12.4. The van der Waals surface area contributed by atoms with E-state index in [4.69, 9.17) is 0 Å². The summed E-state index contributed by atoms with van der Waals surface area (Å²) in [6.45, 7) is 7.94. The van der Waals surface area contributed by atoms with Gasteiger partial charge in [0.25, 0.3) is 5.91 Å². The molecule has 0 aliphatic rings. The van der Waals surface area contributed by atoms with Gasteiger partial charge < -0.3 is 5.32 Å². The van der Waals surface area contributed by atoms with Crippen molar-refractivity contribution in [2.45, 2.75) is 34.2 Å². The fourth-order valence-corrected chi connectivity index (χ4v) is 3.30. The first-order chi connectivity index (χ1) is 11.0. The van der Waals surface area contributed by atoms with E-state index in [9.17, 15) is 4.79 Å². The Kier molecular flexibility index (Phi) is 4.18. The second-order valence-corrected chi connectivity index (χ2v) is 6.64. The molecule has 10 heteroatoms. The molecule has 0 fully saturated rings. The molecule has 0 saturated carbocycles. The summed E-state index contributed by atoms with van der Waals surface area (Å²) in [5.74, 6) is -0.284. The minimum atomic E-state index is -0.284. The van der Waals surface area contributed by atoms with E-state index in [1.807, 2.05) is 27.7 Å². The lowest BCUT2D eigenvalue weighted by Gasteiger charge is -2.04. The predicted octanol–water partition coefficient (Wildman–Crippen LogP) is 2.12. The second-order valence-electron chi connectivity index (χ2n) is 5.13. The molecule has 0 spiro atoms. The molecule has 1 N–H and O–H groups in total. The SMILES string of the molecule is Cc1nsnc1Cn1nnc(C(=O)Nc2c(C)nsc2C)c1C. The van der Waals surface area contributed by atoms with Gasteiger partial charge in [-0.25, -0.2) is 4.68 Å². The van der Waals surface area contributed by atoms with Gasteiger partial charge in [0.15, 0.2) is 5.69 Å². The van der Waals surface area contributed by atoms with E-state index in [0.29, 0.717) is 17.9 Å². The van der Waals surface area contributed by atoms with Gasteiger partial charge in [0.2, 0.25) is 0 Å². The topological polar surface area (TPSA) is 98.5 Å². The number of aromatic nitrogens is 6. The van der Waals surface area contributed by atoms with Crippen LogP contribution < -0.4 is 5.32 Å². The summed E-state index contributed by atoms with van der Waals surface area (Å²) in [6.07, 6.45) is 0. The number of anilines is 1. The Labute approximate surface area is 141 Å². The van der Waals surface area contributed by atoms with Gasteiger partial charge in [0.05, 0.1) is 46.7 Å². The molecule has 0 aliphatic carbocycles. The van der Waals surface area contributed by atoms with E-state index in [1.165, 1.54) is 11.5 Å². The summed E-state index contributed by atoms with van der Waals surface area (Å²) in [4.78, 5) is 13.4. The molecule has 0 aliphatic heterocycles. The lowest BCUT2D eigenvalue weighted by molar-refractivity contribution is 0.102. The molecule has 0 aromatic carbocycles. The quantitative estimate of drug-likeness (QED) is 0.774. The molecule has 23 heavy (non-hydrogen) atoms. The number of rotatable bonds is 4. The summed E-state index contributed by atoms with van der Waals surface area (Å²) >= 11 is 2.53. The van der Waals surface area contributed by atoms with Crippen LogP contribution in [0.15, 0.2) is 0 Å². The summed E-state index contributed by atoms with van der Waals surface area (Å²) in [5.41, 5.74) is 4.24. The highest BCUT2D eigenvalue weighted by atomic mass is 32.1. The van der Waals surface area contributed by atoms with Gasteiger partial charge >= 0.3 is 0 Å². The molecule has 3 aromatic rings. The molecule has 3 aromatic heterocycles. The highest BCUT2D eigenvalue weighted by molar-refractivity contribution is 7.06. The van der Waals surface area contributed by atoms with Crippen molar-refractivity contribution in [2.24, 2.45) is 0 Å². The molecule has 0 atom stereocenters. The monoisotopic (exact) mass is 349 g/mol. The molecule has 8 nitrogen and oxygen atoms in total. The van der Waals surface area contributed by atoms with Crippen molar-refractivity contribution >= 4 is 34.9 Å². The van der Waals surface area contributed by atoms with Crippen LogP contribution in [-0.4, -0.2) is 34.0 Å². The Balaban J connectivity index is 1.81. The number of carbonyl (C=O) groups excluding carboxylic acids is 1. The number of carbonyl (C=O) groups is 1. The van der Waals surface area contributed by atoms with Crippen molar-refractivity contribution in [2.75, 3.05) is 5.32 Å². The Morgan fingerprint density at radius 2 is 1.91 bits per heavy atom. The van der Waals surface area contributed by atoms with Crippen LogP contribution in [0.1, 0.15) is 38.1 Å². The average molecular weight is 349 g/mol. The second kappa shape index (κ2) is 6.13. The smallest absolute Gasteiger partial charge is 0.278 e. The molecule has 3 rings (SSSR count). The van der Waals surface area contributed by atoms with Gasteiger partial charge in [-0.05, 0) is 39.2 Å². The van der Waals surface area contributed by atoms with Crippen molar-refractivity contribution in [1.82, 2.24) is 28.1 Å². The van der Waals surface area contributed by atoms with E-state index < -0.39 is 0 Å². The van der Waals surface area contributed by atoms with Gasteiger partial charge in [-0.15, -0.1) is 5.10 Å². The summed E-state index contributed by atoms with van der Waals surface area (Å²) in [7, 11) is 0. The fourth-order valence-electron chi connectivity index (χ4n) is 2.09. The van der Waals surface area contributed by atoms with E-state index >= 15 is 0 Å². The molecule has 0 bridgehead atoms. The van der Waals surface area contributed by atoms with Crippen LogP contribution in [0.5, 0.6) is 0 Å². The molecule has 120 valence electrons. The van der Waals surface area contributed by atoms with Gasteiger partial charge in [-0.3, -0.25) is 4.79 Å². The number of hydrogen-bond donors (Lipinski definition) is 1. The first-order valence-electron chi connectivity index (χ1n) is 6.89. The first-order valence-corrected chi connectivity index (χ1v) is 8.40. The molecule has 0 saturated heterocycles. The van der Waals surface area contributed by atoms with E-state index in [2.05, 4.69) is 28.7 Å². The summed E-state index contributed by atoms with van der Waals surface area (Å²) in [6, 6.07) is 0. The fraction of sp³-hybridized carbons (Fsp3) is 0.385. The molecule has 3 heterocycles. The zero-order chi connectivity index (χ0) is 16.6. The molecule has 0 unspecified atom stereocenters. The van der Waals surface area contributed by atoms with Crippen LogP contribution in [0.4, 0.5) is 5.69 Å². The molecular weight excluding hydrogens is 334 g/mol. The Morgan fingerprint density at radius 1 is 1.13 bits per heavy atom. The average Bonchev–Trinajstić information content (AvgIpc) is 3.17. The first kappa shape index (κ1) is 15.7. The zero-order valence-corrected chi connectivity index (χ0v) is 14.7. The highest BCUT2D eigenvalue weighted by Gasteiger charge is 2.20. The molecule has 0 radical (unpaired) electrons.